The SMILES string of the molecule is CO[C@@H]1COC[C@@H](N(C)C(=O)/C=C/c2cccc(Cl)c2)[C@@H]1O. The van der Waals surface area contributed by atoms with Gasteiger partial charge in [-0.15, -0.1) is 0 Å². The highest BCUT2D eigenvalue weighted by atomic mass is 35.5. The molecule has 1 aliphatic heterocycles. The number of aliphatic hydroxyl groups excluding tert-OH is 1. The number of hydrogen-bond donors (Lipinski definition) is 1. The van der Waals surface area contributed by atoms with Gasteiger partial charge in [-0.05, 0) is 23.8 Å². The molecule has 1 heterocycles. The lowest BCUT2D eigenvalue weighted by atomic mass is 10.0. The van der Waals surface area contributed by atoms with Crippen LogP contribution in [0, 0.1) is 0 Å². The molecule has 0 saturated carbocycles. The summed E-state index contributed by atoms with van der Waals surface area (Å²) in [5.74, 6) is -0.218. The van der Waals surface area contributed by atoms with Crippen LogP contribution >= 0.6 is 11.6 Å². The molecule has 120 valence electrons. The van der Waals surface area contributed by atoms with Crippen LogP contribution in [0.25, 0.3) is 6.08 Å². The van der Waals surface area contributed by atoms with Gasteiger partial charge in [0.2, 0.25) is 5.91 Å². The van der Waals surface area contributed by atoms with E-state index in [2.05, 4.69) is 0 Å². The first-order valence-corrected chi connectivity index (χ1v) is 7.39. The highest BCUT2D eigenvalue weighted by molar-refractivity contribution is 6.30. The zero-order valence-electron chi connectivity index (χ0n) is 12.6. The lowest BCUT2D eigenvalue weighted by Gasteiger charge is -2.38. The monoisotopic (exact) mass is 325 g/mol. The van der Waals surface area contributed by atoms with E-state index in [1.54, 1.807) is 25.3 Å². The second-order valence-electron chi connectivity index (χ2n) is 5.21. The maximum atomic E-state index is 12.2. The summed E-state index contributed by atoms with van der Waals surface area (Å²) in [5.41, 5.74) is 0.837. The van der Waals surface area contributed by atoms with E-state index in [1.807, 2.05) is 12.1 Å². The van der Waals surface area contributed by atoms with Crippen LogP contribution in [0.3, 0.4) is 0 Å². The lowest BCUT2D eigenvalue weighted by Crippen LogP contribution is -2.56. The number of hydrogen-bond acceptors (Lipinski definition) is 4. The van der Waals surface area contributed by atoms with E-state index in [0.717, 1.165) is 5.56 Å². The summed E-state index contributed by atoms with van der Waals surface area (Å²) in [6.45, 7) is 0.614. The third-order valence-corrected chi connectivity index (χ3v) is 4.00. The molecule has 0 spiro atoms. The normalized spacial score (nSPS) is 25.4. The highest BCUT2D eigenvalue weighted by Crippen LogP contribution is 2.17. The first-order chi connectivity index (χ1) is 10.5. The van der Waals surface area contributed by atoms with Crippen LogP contribution in [0.1, 0.15) is 5.56 Å². The van der Waals surface area contributed by atoms with Crippen molar-refractivity contribution in [2.24, 2.45) is 0 Å². The summed E-state index contributed by atoms with van der Waals surface area (Å²) in [5, 5.41) is 10.8. The molecule has 0 bridgehead atoms. The molecule has 22 heavy (non-hydrogen) atoms. The van der Waals surface area contributed by atoms with Crippen LogP contribution < -0.4 is 0 Å². The molecular weight excluding hydrogens is 306 g/mol. The zero-order chi connectivity index (χ0) is 16.1. The standard InChI is InChI=1S/C16H20ClNO4/c1-18(13-9-22-10-14(21-2)16(13)20)15(19)7-6-11-4-3-5-12(17)8-11/h3-8,13-14,16,20H,9-10H2,1-2H3/b7-6+/t13-,14-,16+/m1/s1. The van der Waals surface area contributed by atoms with Gasteiger partial charge in [-0.2, -0.15) is 0 Å². The molecule has 6 heteroatoms. The van der Waals surface area contributed by atoms with E-state index in [-0.39, 0.29) is 12.5 Å². The molecule has 1 saturated heterocycles. The maximum Gasteiger partial charge on any atom is 0.246 e. The fourth-order valence-electron chi connectivity index (χ4n) is 2.36. The quantitative estimate of drug-likeness (QED) is 0.854. The molecule has 1 N–H and O–H groups in total. The molecular formula is C16H20ClNO4. The second-order valence-corrected chi connectivity index (χ2v) is 5.64. The van der Waals surface area contributed by atoms with Crippen LogP contribution in [0.2, 0.25) is 5.02 Å². The number of rotatable bonds is 4. The Labute approximate surface area is 135 Å². The predicted octanol–water partition coefficient (Wildman–Crippen LogP) is 1.59. The Morgan fingerprint density at radius 1 is 1.50 bits per heavy atom. The van der Waals surface area contributed by atoms with Gasteiger partial charge in [0.05, 0.1) is 19.3 Å². The molecule has 3 atom stereocenters. The van der Waals surface area contributed by atoms with Gasteiger partial charge in [0.15, 0.2) is 0 Å². The molecule has 1 aromatic carbocycles. The molecule has 5 nitrogen and oxygen atoms in total. The number of halogens is 1. The summed E-state index contributed by atoms with van der Waals surface area (Å²) in [6.07, 6.45) is 1.95. The number of carbonyl (C=O) groups excluding carboxylic acids is 1. The Balaban J connectivity index is 2.02. The number of benzene rings is 1. The number of ether oxygens (including phenoxy) is 2. The van der Waals surface area contributed by atoms with Crippen molar-refractivity contribution in [3.63, 3.8) is 0 Å². The average Bonchev–Trinajstić information content (AvgIpc) is 2.52. The van der Waals surface area contributed by atoms with Crippen molar-refractivity contribution in [1.29, 1.82) is 0 Å². The zero-order valence-corrected chi connectivity index (χ0v) is 13.4. The van der Waals surface area contributed by atoms with Gasteiger partial charge in [-0.1, -0.05) is 23.7 Å². The Kier molecular flexibility index (Phi) is 5.97. The average molecular weight is 326 g/mol. The topological polar surface area (TPSA) is 59.0 Å². The molecule has 0 unspecified atom stereocenters. The van der Waals surface area contributed by atoms with Gasteiger partial charge >= 0.3 is 0 Å². The number of methoxy groups -OCH3 is 1. The fraction of sp³-hybridized carbons (Fsp3) is 0.438. The summed E-state index contributed by atoms with van der Waals surface area (Å²) in [6, 6.07) is 6.78. The Bertz CT molecular complexity index is 549. The van der Waals surface area contributed by atoms with Crippen molar-refractivity contribution in [3.05, 3.63) is 40.9 Å². The molecule has 0 radical (unpaired) electrons. The largest absolute Gasteiger partial charge is 0.388 e. The minimum absolute atomic E-state index is 0.218. The molecule has 1 aliphatic rings. The third-order valence-electron chi connectivity index (χ3n) is 3.76. The van der Waals surface area contributed by atoms with Crippen molar-refractivity contribution in [1.82, 2.24) is 4.90 Å². The van der Waals surface area contributed by atoms with Crippen LogP contribution in [-0.2, 0) is 14.3 Å². The van der Waals surface area contributed by atoms with Gasteiger partial charge < -0.3 is 19.5 Å². The van der Waals surface area contributed by atoms with Crippen LogP contribution in [0.5, 0.6) is 0 Å². The summed E-state index contributed by atoms with van der Waals surface area (Å²) in [4.78, 5) is 13.7. The van der Waals surface area contributed by atoms with Crippen LogP contribution in [0.15, 0.2) is 30.3 Å². The van der Waals surface area contributed by atoms with Crippen molar-refractivity contribution in [3.8, 4) is 0 Å². The number of carbonyl (C=O) groups is 1. The van der Waals surface area contributed by atoms with Crippen molar-refractivity contribution < 1.29 is 19.4 Å². The Hall–Kier alpha value is -1.40. The number of aliphatic hydroxyl groups is 1. The lowest BCUT2D eigenvalue weighted by molar-refractivity contribution is -0.154. The molecule has 2 rings (SSSR count). The highest BCUT2D eigenvalue weighted by Gasteiger charge is 2.36. The summed E-state index contributed by atoms with van der Waals surface area (Å²) >= 11 is 5.90. The van der Waals surface area contributed by atoms with E-state index >= 15 is 0 Å². The van der Waals surface area contributed by atoms with Gasteiger partial charge in [-0.3, -0.25) is 4.79 Å². The Morgan fingerprint density at radius 3 is 2.95 bits per heavy atom. The predicted molar refractivity (Wildman–Crippen MR) is 84.7 cm³/mol. The maximum absolute atomic E-state index is 12.2. The van der Waals surface area contributed by atoms with E-state index in [9.17, 15) is 9.90 Å². The minimum Gasteiger partial charge on any atom is -0.388 e. The third kappa shape index (κ3) is 4.08. The van der Waals surface area contributed by atoms with E-state index in [4.69, 9.17) is 21.1 Å². The first kappa shape index (κ1) is 17.0. The van der Waals surface area contributed by atoms with E-state index < -0.39 is 18.2 Å². The van der Waals surface area contributed by atoms with E-state index in [0.29, 0.717) is 11.6 Å². The molecule has 0 aliphatic carbocycles. The molecule has 1 aromatic rings. The van der Waals surface area contributed by atoms with Crippen molar-refractivity contribution in [2.75, 3.05) is 27.4 Å². The second kappa shape index (κ2) is 7.74. The minimum atomic E-state index is -0.771. The number of nitrogens with zero attached hydrogens (tertiary/aromatic N) is 1. The van der Waals surface area contributed by atoms with Gasteiger partial charge in [0.1, 0.15) is 12.2 Å². The summed E-state index contributed by atoms with van der Waals surface area (Å²) < 4.78 is 10.5. The molecule has 0 aromatic heterocycles. The van der Waals surface area contributed by atoms with Gasteiger partial charge in [-0.25, -0.2) is 0 Å². The summed E-state index contributed by atoms with van der Waals surface area (Å²) in [7, 11) is 3.15. The van der Waals surface area contributed by atoms with Gasteiger partial charge in [0.25, 0.3) is 0 Å². The van der Waals surface area contributed by atoms with Crippen molar-refractivity contribution >= 4 is 23.6 Å². The van der Waals surface area contributed by atoms with Crippen molar-refractivity contribution in [2.45, 2.75) is 18.2 Å². The number of likely N-dealkylation sites (N-methyl/N-ethyl adjacent to an activating group) is 1. The molecule has 1 fully saturated rings. The van der Waals surface area contributed by atoms with Gasteiger partial charge in [0, 0.05) is 25.3 Å². The number of amides is 1. The molecule has 1 amide bonds. The van der Waals surface area contributed by atoms with Crippen LogP contribution in [-0.4, -0.2) is 61.5 Å². The Morgan fingerprint density at radius 2 is 2.27 bits per heavy atom. The smallest absolute Gasteiger partial charge is 0.246 e. The van der Waals surface area contributed by atoms with Crippen LogP contribution in [0.4, 0.5) is 0 Å². The van der Waals surface area contributed by atoms with E-state index in [1.165, 1.54) is 18.1 Å². The first-order valence-electron chi connectivity index (χ1n) is 7.02. The fourth-order valence-corrected chi connectivity index (χ4v) is 2.56.